The number of carboxylic acids is 3. The van der Waals surface area contributed by atoms with Gasteiger partial charge in [-0.05, 0) is 19.8 Å². The second kappa shape index (κ2) is 17.3. The van der Waals surface area contributed by atoms with Gasteiger partial charge in [0.1, 0.15) is 6.10 Å². The van der Waals surface area contributed by atoms with Gasteiger partial charge in [-0.25, -0.2) is 4.79 Å². The Morgan fingerprint density at radius 3 is 1.20 bits per heavy atom. The van der Waals surface area contributed by atoms with E-state index in [1.807, 2.05) is 0 Å². The van der Waals surface area contributed by atoms with E-state index in [9.17, 15) is 14.4 Å². The Kier molecular flexibility index (Phi) is 20.2. The summed E-state index contributed by atoms with van der Waals surface area (Å²) in [6.45, 7) is 0.947. The summed E-state index contributed by atoms with van der Waals surface area (Å²) in [7, 11) is 0. The number of unbranched alkanes of at least 4 members (excludes halogenated alkanes) is 1. The Labute approximate surface area is 116 Å². The average molecular weight is 298 g/mol. The van der Waals surface area contributed by atoms with E-state index < -0.39 is 24.0 Å². The molecule has 1 unspecified atom stereocenters. The quantitative estimate of drug-likeness (QED) is 0.327. The number of aliphatic hydroxyl groups excluding tert-OH is 3. The van der Waals surface area contributed by atoms with E-state index in [4.69, 9.17) is 30.6 Å². The van der Waals surface area contributed by atoms with Crippen LogP contribution in [0.5, 0.6) is 0 Å². The largest absolute Gasteiger partial charge is 0.481 e. The molecule has 0 rings (SSSR count). The van der Waals surface area contributed by atoms with Crippen LogP contribution in [-0.2, 0) is 14.4 Å². The molecule has 9 nitrogen and oxygen atoms in total. The molecule has 0 saturated heterocycles. The number of hydrogen-bond acceptors (Lipinski definition) is 6. The molecular formula is C11H22O9. The molecule has 0 saturated carbocycles. The highest BCUT2D eigenvalue weighted by atomic mass is 16.4. The molecular weight excluding hydrogens is 276 g/mol. The summed E-state index contributed by atoms with van der Waals surface area (Å²) in [5.74, 6) is -2.93. The van der Waals surface area contributed by atoms with Crippen molar-refractivity contribution in [1.82, 2.24) is 0 Å². The number of hydrogen-bond donors (Lipinski definition) is 6. The van der Waals surface area contributed by atoms with Crippen LogP contribution in [0.1, 0.15) is 32.6 Å². The molecule has 0 aromatic rings. The van der Waals surface area contributed by atoms with Gasteiger partial charge in [-0.2, -0.15) is 0 Å². The van der Waals surface area contributed by atoms with Crippen molar-refractivity contribution in [3.05, 3.63) is 0 Å². The van der Waals surface area contributed by atoms with Crippen molar-refractivity contribution in [1.29, 1.82) is 0 Å². The molecule has 20 heavy (non-hydrogen) atoms. The second-order valence-electron chi connectivity index (χ2n) is 3.46. The molecule has 0 aliphatic carbocycles. The summed E-state index contributed by atoms with van der Waals surface area (Å²) < 4.78 is 0. The summed E-state index contributed by atoms with van der Waals surface area (Å²) in [5.41, 5.74) is 0. The fourth-order valence-electron chi connectivity index (χ4n) is 0.552. The molecule has 0 bridgehead atoms. The van der Waals surface area contributed by atoms with E-state index >= 15 is 0 Å². The van der Waals surface area contributed by atoms with Crippen LogP contribution in [0.2, 0.25) is 0 Å². The lowest BCUT2D eigenvalue weighted by Gasteiger charge is -1.92. The van der Waals surface area contributed by atoms with Gasteiger partial charge in [0.15, 0.2) is 0 Å². The summed E-state index contributed by atoms with van der Waals surface area (Å²) in [5, 5.41) is 47.3. The number of carbonyl (C=O) groups is 3. The topological polar surface area (TPSA) is 173 Å². The lowest BCUT2D eigenvalue weighted by molar-refractivity contribution is -0.145. The third-order valence-corrected chi connectivity index (χ3v) is 1.49. The van der Waals surface area contributed by atoms with Gasteiger partial charge in [0.25, 0.3) is 0 Å². The van der Waals surface area contributed by atoms with Crippen molar-refractivity contribution in [2.45, 2.75) is 38.7 Å². The van der Waals surface area contributed by atoms with Crippen LogP contribution in [0.4, 0.5) is 0 Å². The molecule has 0 aromatic heterocycles. The van der Waals surface area contributed by atoms with Crippen LogP contribution in [0.15, 0.2) is 0 Å². The highest BCUT2D eigenvalue weighted by Crippen LogP contribution is 1.98. The van der Waals surface area contributed by atoms with E-state index in [0.29, 0.717) is 12.8 Å². The van der Waals surface area contributed by atoms with Crippen LogP contribution in [0.25, 0.3) is 0 Å². The average Bonchev–Trinajstić information content (AvgIpc) is 2.35. The van der Waals surface area contributed by atoms with Crippen molar-refractivity contribution in [2.24, 2.45) is 0 Å². The minimum Gasteiger partial charge on any atom is -0.481 e. The van der Waals surface area contributed by atoms with Gasteiger partial charge >= 0.3 is 17.9 Å². The highest BCUT2D eigenvalue weighted by Gasteiger charge is 2.01. The van der Waals surface area contributed by atoms with Gasteiger partial charge in [-0.15, -0.1) is 0 Å². The minimum absolute atomic E-state index is 0.0628. The van der Waals surface area contributed by atoms with E-state index in [1.165, 1.54) is 6.92 Å². The van der Waals surface area contributed by atoms with Crippen LogP contribution in [0.3, 0.4) is 0 Å². The maximum absolute atomic E-state index is 9.90. The third-order valence-electron chi connectivity index (χ3n) is 1.49. The van der Waals surface area contributed by atoms with E-state index in [0.717, 1.165) is 0 Å². The normalized spacial score (nSPS) is 10.2. The van der Waals surface area contributed by atoms with Crippen LogP contribution < -0.4 is 0 Å². The first-order chi connectivity index (χ1) is 9.18. The molecule has 0 fully saturated rings. The van der Waals surface area contributed by atoms with Gasteiger partial charge in [-0.3, -0.25) is 9.59 Å². The predicted octanol–water partition coefficient (Wildman–Crippen LogP) is -0.861. The smallest absolute Gasteiger partial charge is 0.332 e. The zero-order valence-corrected chi connectivity index (χ0v) is 11.2. The van der Waals surface area contributed by atoms with Gasteiger partial charge in [-0.1, -0.05) is 0 Å². The molecule has 0 spiro atoms. The summed E-state index contributed by atoms with van der Waals surface area (Å²) in [6, 6.07) is 0. The number of aliphatic carboxylic acids is 3. The first-order valence-corrected chi connectivity index (χ1v) is 5.75. The minimum atomic E-state index is -1.23. The van der Waals surface area contributed by atoms with Crippen molar-refractivity contribution in [3.63, 3.8) is 0 Å². The van der Waals surface area contributed by atoms with Crippen LogP contribution >= 0.6 is 0 Å². The molecule has 0 radical (unpaired) electrons. The molecule has 0 aliphatic heterocycles. The van der Waals surface area contributed by atoms with Gasteiger partial charge < -0.3 is 30.6 Å². The van der Waals surface area contributed by atoms with Crippen molar-refractivity contribution in [3.8, 4) is 0 Å². The standard InChI is InChI=1S/C6H10O4.C3H6O3.C2H6O2/c7-5(8)3-1-2-4-6(9)10;1-2(4)3(5)6;3-1-2-4/h1-4H2,(H,7,8)(H,9,10);2,4H,1H3,(H,5,6);3-4H,1-2H2. The SMILES string of the molecule is CC(O)C(=O)O.O=C(O)CCCCC(=O)O.OCCO. The molecule has 0 aromatic carbocycles. The summed E-state index contributed by atoms with van der Waals surface area (Å²) >= 11 is 0. The van der Waals surface area contributed by atoms with Gasteiger partial charge in [0.2, 0.25) is 0 Å². The first-order valence-electron chi connectivity index (χ1n) is 5.75. The Morgan fingerprint density at radius 1 is 0.850 bits per heavy atom. The Morgan fingerprint density at radius 2 is 1.10 bits per heavy atom. The Hall–Kier alpha value is -1.71. The van der Waals surface area contributed by atoms with E-state index in [-0.39, 0.29) is 26.1 Å². The van der Waals surface area contributed by atoms with Crippen LogP contribution in [-0.4, -0.2) is 67.9 Å². The maximum atomic E-state index is 9.90. The molecule has 0 heterocycles. The lowest BCUT2D eigenvalue weighted by Crippen LogP contribution is -2.13. The Bertz CT molecular complexity index is 245. The monoisotopic (exact) mass is 298 g/mol. The fourth-order valence-corrected chi connectivity index (χ4v) is 0.552. The van der Waals surface area contributed by atoms with Crippen molar-refractivity contribution < 1.29 is 45.0 Å². The summed E-state index contributed by atoms with van der Waals surface area (Å²) in [6.07, 6.45) is -0.214. The molecule has 1 atom stereocenters. The second-order valence-corrected chi connectivity index (χ2v) is 3.46. The lowest BCUT2D eigenvalue weighted by atomic mass is 10.2. The fraction of sp³-hybridized carbons (Fsp3) is 0.727. The maximum Gasteiger partial charge on any atom is 0.332 e. The van der Waals surface area contributed by atoms with Crippen molar-refractivity contribution in [2.75, 3.05) is 13.2 Å². The summed E-state index contributed by atoms with van der Waals surface area (Å²) in [4.78, 5) is 29.2. The molecule has 6 N–H and O–H groups in total. The zero-order valence-electron chi connectivity index (χ0n) is 11.2. The van der Waals surface area contributed by atoms with E-state index in [1.54, 1.807) is 0 Å². The molecule has 9 heteroatoms. The van der Waals surface area contributed by atoms with Crippen molar-refractivity contribution >= 4 is 17.9 Å². The van der Waals surface area contributed by atoms with Crippen LogP contribution in [0, 0.1) is 0 Å². The Balaban J connectivity index is -0.000000246. The zero-order chi connectivity index (χ0) is 16.6. The molecule has 120 valence electrons. The number of aliphatic hydroxyl groups is 3. The highest BCUT2D eigenvalue weighted by molar-refractivity contribution is 5.71. The third kappa shape index (κ3) is 36.0. The number of rotatable bonds is 7. The molecule has 0 amide bonds. The first kappa shape index (κ1) is 23.4. The van der Waals surface area contributed by atoms with E-state index in [2.05, 4.69) is 0 Å². The predicted molar refractivity (Wildman–Crippen MR) is 67.2 cm³/mol. The molecule has 0 aliphatic rings. The van der Waals surface area contributed by atoms with Gasteiger partial charge in [0, 0.05) is 12.8 Å². The van der Waals surface area contributed by atoms with Gasteiger partial charge in [0.05, 0.1) is 13.2 Å². The number of carboxylic acid groups (broad SMARTS) is 3.